The number of carbonyl (C=O) groups excluding carboxylic acids is 2. The second kappa shape index (κ2) is 7.69. The van der Waals surface area contributed by atoms with Gasteiger partial charge in [0, 0.05) is 5.56 Å². The molecule has 1 aromatic rings. The second-order valence-electron chi connectivity index (χ2n) is 4.30. The smallest absolute Gasteiger partial charge is 0.298 e. The molecule has 96 valence electrons. The molecule has 0 aliphatic rings. The lowest BCUT2D eigenvalue weighted by Gasteiger charge is -2.23. The van der Waals surface area contributed by atoms with Gasteiger partial charge in [-0.05, 0) is 26.8 Å². The van der Waals surface area contributed by atoms with Crippen LogP contribution in [0.1, 0.15) is 33.3 Å². The van der Waals surface area contributed by atoms with E-state index in [-0.39, 0.29) is 5.78 Å². The highest BCUT2D eigenvalue weighted by Crippen LogP contribution is 2.31. The van der Waals surface area contributed by atoms with E-state index in [2.05, 4.69) is 0 Å². The summed E-state index contributed by atoms with van der Waals surface area (Å²) in [7, 11) is 4.85. The molecule has 0 aromatic heterocycles. The van der Waals surface area contributed by atoms with Gasteiger partial charge in [-0.25, -0.2) is 0 Å². The van der Waals surface area contributed by atoms with Gasteiger partial charge in [-0.15, -0.1) is 0 Å². The van der Waals surface area contributed by atoms with E-state index >= 15 is 0 Å². The van der Waals surface area contributed by atoms with Crippen molar-refractivity contribution in [1.82, 2.24) is 0 Å². The van der Waals surface area contributed by atoms with Gasteiger partial charge in [-0.3, -0.25) is 9.59 Å². The Bertz CT molecular complexity index is 400. The van der Waals surface area contributed by atoms with E-state index < -0.39 is 5.41 Å². The molecule has 4 heteroatoms. The third kappa shape index (κ3) is 4.36. The molecule has 0 aliphatic carbocycles. The van der Waals surface area contributed by atoms with Gasteiger partial charge in [-0.1, -0.05) is 31.4 Å². The van der Waals surface area contributed by atoms with Gasteiger partial charge in [0.25, 0.3) is 6.47 Å². The number of carbonyl (C=O) groups is 2. The Morgan fingerprint density at radius 3 is 2.33 bits per heavy atom. The van der Waals surface area contributed by atoms with Gasteiger partial charge >= 0.3 is 0 Å². The van der Waals surface area contributed by atoms with E-state index in [1.54, 1.807) is 18.2 Å². The van der Waals surface area contributed by atoms with Crippen molar-refractivity contribution in [3.05, 3.63) is 29.8 Å². The molecule has 18 heavy (non-hydrogen) atoms. The lowest BCUT2D eigenvalue weighted by molar-refractivity contribution is -0.123. The van der Waals surface area contributed by atoms with Crippen molar-refractivity contribution in [2.45, 2.75) is 39.4 Å². The minimum absolute atomic E-state index is 0.0319. The molecule has 0 fully saturated rings. The number of para-hydroxylation sites is 1. The minimum atomic E-state index is -0.639. The van der Waals surface area contributed by atoms with Crippen molar-refractivity contribution in [2.24, 2.45) is 0 Å². The van der Waals surface area contributed by atoms with Crippen LogP contribution in [0.5, 0.6) is 5.75 Å². The number of rotatable bonds is 4. The van der Waals surface area contributed by atoms with Gasteiger partial charge < -0.3 is 4.74 Å². The Morgan fingerprint density at radius 2 is 1.89 bits per heavy atom. The third-order valence-electron chi connectivity index (χ3n) is 2.62. The largest absolute Gasteiger partial charge is 0.428 e. The Morgan fingerprint density at radius 1 is 1.39 bits per heavy atom. The van der Waals surface area contributed by atoms with Crippen LogP contribution in [-0.4, -0.2) is 20.1 Å². The number of hydrogen-bond donors (Lipinski definition) is 0. The lowest BCUT2D eigenvalue weighted by atomic mass is 9.81. The second-order valence-corrected chi connectivity index (χ2v) is 4.30. The van der Waals surface area contributed by atoms with Crippen molar-refractivity contribution in [1.29, 1.82) is 0 Å². The van der Waals surface area contributed by atoms with Gasteiger partial charge in [0.05, 0.1) is 13.3 Å². The Balaban J connectivity index is 0.000000873. The van der Waals surface area contributed by atoms with Crippen LogP contribution in [0.25, 0.3) is 0 Å². The maximum Gasteiger partial charge on any atom is 0.298 e. The summed E-state index contributed by atoms with van der Waals surface area (Å²) in [5.74, 6) is 0.470. The first-order valence-corrected chi connectivity index (χ1v) is 5.82. The number of ketones is 1. The molecule has 1 aromatic carbocycles. The molecule has 0 unspecified atom stereocenters. The molecule has 3 nitrogen and oxygen atoms in total. The van der Waals surface area contributed by atoms with Crippen molar-refractivity contribution in [2.75, 3.05) is 0 Å². The van der Waals surface area contributed by atoms with Crippen LogP contribution in [0.15, 0.2) is 24.3 Å². The number of ether oxygens (including phenoxy) is 1. The molecule has 0 heterocycles. The average molecular weight is 246 g/mol. The fraction of sp³-hybridized carbons (Fsp3) is 0.429. The van der Waals surface area contributed by atoms with E-state index in [1.165, 1.54) is 6.92 Å². The number of benzene rings is 1. The third-order valence-corrected chi connectivity index (χ3v) is 2.62. The molecule has 0 bridgehead atoms. The first-order valence-electron chi connectivity index (χ1n) is 5.82. The monoisotopic (exact) mass is 246 g/mol. The first-order chi connectivity index (χ1) is 8.41. The van der Waals surface area contributed by atoms with Gasteiger partial charge in [0.1, 0.15) is 11.5 Å². The molecule has 2 radical (unpaired) electrons. The van der Waals surface area contributed by atoms with Crippen LogP contribution < -0.4 is 4.74 Å². The summed E-state index contributed by atoms with van der Waals surface area (Å²) in [6.45, 7) is 7.41. The first kappa shape index (κ1) is 16.4. The average Bonchev–Trinajstić information content (AvgIpc) is 2.31. The minimum Gasteiger partial charge on any atom is -0.428 e. The van der Waals surface area contributed by atoms with Gasteiger partial charge in [0.15, 0.2) is 0 Å². The Kier molecular flexibility index (Phi) is 7.02. The van der Waals surface area contributed by atoms with Gasteiger partial charge in [-0.2, -0.15) is 0 Å². The molecule has 0 N–H and O–H groups in total. The van der Waals surface area contributed by atoms with Crippen LogP contribution in [0.4, 0.5) is 0 Å². The van der Waals surface area contributed by atoms with E-state index in [0.29, 0.717) is 12.2 Å². The summed E-state index contributed by atoms with van der Waals surface area (Å²) in [6.07, 6.45) is 0.750. The van der Waals surface area contributed by atoms with Crippen molar-refractivity contribution >= 4 is 20.1 Å². The van der Waals surface area contributed by atoms with E-state index in [0.717, 1.165) is 11.9 Å². The Hall–Kier alpha value is -1.58. The normalized spacial score (nSPS) is 10.0. The van der Waals surface area contributed by atoms with Crippen molar-refractivity contribution in [3.63, 3.8) is 0 Å². The maximum absolute atomic E-state index is 11.5. The van der Waals surface area contributed by atoms with Gasteiger partial charge in [0.2, 0.25) is 0 Å². The highest BCUT2D eigenvalue weighted by molar-refractivity contribution is 6.08. The molecular weight excluding hydrogens is 227 g/mol. The molecule has 0 amide bonds. The molecule has 0 spiro atoms. The van der Waals surface area contributed by atoms with E-state index in [9.17, 15) is 9.59 Å². The molecular formula is C14H19BO3. The Labute approximate surface area is 110 Å². The topological polar surface area (TPSA) is 43.4 Å². The fourth-order valence-electron chi connectivity index (χ4n) is 1.33. The summed E-state index contributed by atoms with van der Waals surface area (Å²) in [6, 6.07) is 7.05. The highest BCUT2D eigenvalue weighted by Gasteiger charge is 2.29. The lowest BCUT2D eigenvalue weighted by Crippen LogP contribution is -2.27. The predicted octanol–water partition coefficient (Wildman–Crippen LogP) is 2.68. The standard InChI is InChI=1S/C12H14O3.C2H5B/c1-9(14)12(2,3)10-6-4-5-7-11(10)15-8-13;1-2-3/h4-8H,1-3H3;2H2,1H3. The summed E-state index contributed by atoms with van der Waals surface area (Å²) in [5.41, 5.74) is 0.0872. The SMILES string of the molecule is CC(=O)C(C)(C)c1ccccc1OC=O.[B]CC. The zero-order chi connectivity index (χ0) is 14.2. The molecule has 0 saturated carbocycles. The highest BCUT2D eigenvalue weighted by atomic mass is 16.5. The number of Topliss-reactive ketones (excluding diaryl/α,β-unsaturated/α-hetero) is 1. The molecule has 0 aliphatic heterocycles. The van der Waals surface area contributed by atoms with Crippen LogP contribution in [0, 0.1) is 0 Å². The van der Waals surface area contributed by atoms with Crippen molar-refractivity contribution < 1.29 is 14.3 Å². The molecule has 0 saturated heterocycles. The molecule has 0 atom stereocenters. The summed E-state index contributed by atoms with van der Waals surface area (Å²) in [5, 5.41) is 0. The van der Waals surface area contributed by atoms with Crippen LogP contribution in [-0.2, 0) is 15.0 Å². The van der Waals surface area contributed by atoms with Crippen molar-refractivity contribution in [3.8, 4) is 5.75 Å². The van der Waals surface area contributed by atoms with Crippen LogP contribution in [0.3, 0.4) is 0 Å². The van der Waals surface area contributed by atoms with Crippen LogP contribution in [0.2, 0.25) is 6.32 Å². The van der Waals surface area contributed by atoms with E-state index in [4.69, 9.17) is 12.6 Å². The van der Waals surface area contributed by atoms with Crippen LogP contribution >= 0.6 is 0 Å². The summed E-state index contributed by atoms with van der Waals surface area (Å²) in [4.78, 5) is 21.8. The summed E-state index contributed by atoms with van der Waals surface area (Å²) >= 11 is 0. The fourth-order valence-corrected chi connectivity index (χ4v) is 1.33. The van der Waals surface area contributed by atoms with E-state index in [1.807, 2.05) is 26.8 Å². The predicted molar refractivity (Wildman–Crippen MR) is 73.1 cm³/mol. The quantitative estimate of drug-likeness (QED) is 0.606. The summed E-state index contributed by atoms with van der Waals surface area (Å²) < 4.78 is 4.84. The maximum atomic E-state index is 11.5. The molecule has 1 rings (SSSR count). The zero-order valence-corrected chi connectivity index (χ0v) is 11.4. The number of hydrogen-bond acceptors (Lipinski definition) is 3. The zero-order valence-electron chi connectivity index (χ0n) is 11.4.